The molecule has 1 aromatic carbocycles. The predicted molar refractivity (Wildman–Crippen MR) is 70.8 cm³/mol. The van der Waals surface area contributed by atoms with Gasteiger partial charge in [0.25, 0.3) is 0 Å². The van der Waals surface area contributed by atoms with Crippen molar-refractivity contribution in [3.05, 3.63) is 60.4 Å². The van der Waals surface area contributed by atoms with Gasteiger partial charge in [-0.05, 0) is 18.9 Å². The highest BCUT2D eigenvalue weighted by atomic mass is 16.5. The number of ether oxygens (including phenoxy) is 1. The Morgan fingerprint density at radius 3 is 2.50 bits per heavy atom. The molecule has 0 saturated heterocycles. The molecule has 0 bridgehead atoms. The fourth-order valence-electron chi connectivity index (χ4n) is 1.86. The van der Waals surface area contributed by atoms with Crippen LogP contribution in [0.15, 0.2) is 54.9 Å². The quantitative estimate of drug-likeness (QED) is 0.814. The van der Waals surface area contributed by atoms with Gasteiger partial charge in [-0.3, -0.25) is 4.90 Å². The Labute approximate surface area is 107 Å². The van der Waals surface area contributed by atoms with Crippen LogP contribution >= 0.6 is 0 Å². The second-order valence-electron chi connectivity index (χ2n) is 4.14. The Balaban J connectivity index is 1.91. The third kappa shape index (κ3) is 3.23. The molecule has 0 radical (unpaired) electrons. The van der Waals surface area contributed by atoms with Crippen molar-refractivity contribution in [2.45, 2.75) is 13.3 Å². The van der Waals surface area contributed by atoms with E-state index >= 15 is 0 Å². The summed E-state index contributed by atoms with van der Waals surface area (Å²) in [7, 11) is 0. The summed E-state index contributed by atoms with van der Waals surface area (Å²) in [4.78, 5) is 12.9. The van der Waals surface area contributed by atoms with Crippen molar-refractivity contribution >= 4 is 6.09 Å². The van der Waals surface area contributed by atoms with Crippen molar-refractivity contribution in [2.24, 2.45) is 5.92 Å². The van der Waals surface area contributed by atoms with E-state index in [2.05, 4.69) is 12.1 Å². The van der Waals surface area contributed by atoms with Gasteiger partial charge >= 0.3 is 6.09 Å². The van der Waals surface area contributed by atoms with Crippen molar-refractivity contribution in [1.29, 1.82) is 0 Å². The molecule has 0 fully saturated rings. The van der Waals surface area contributed by atoms with Gasteiger partial charge in [-0.15, -0.1) is 0 Å². The number of carbonyl (C=O) groups excluding carboxylic acids is 1. The summed E-state index contributed by atoms with van der Waals surface area (Å²) in [6, 6.07) is 10.3. The largest absolute Gasteiger partial charge is 0.449 e. The predicted octanol–water partition coefficient (Wildman–Crippen LogP) is 3.34. The first-order chi connectivity index (χ1) is 8.79. The zero-order valence-corrected chi connectivity index (χ0v) is 10.5. The van der Waals surface area contributed by atoms with E-state index in [1.54, 1.807) is 19.3 Å². The lowest BCUT2D eigenvalue weighted by Crippen LogP contribution is -2.23. The first-order valence-electron chi connectivity index (χ1n) is 6.15. The summed E-state index contributed by atoms with van der Waals surface area (Å²) in [5, 5.41) is 0. The summed E-state index contributed by atoms with van der Waals surface area (Å²) >= 11 is 0. The maximum Gasteiger partial charge on any atom is 0.417 e. The number of nitrogens with zero attached hydrogens (tertiary/aromatic N) is 1. The van der Waals surface area contributed by atoms with Crippen LogP contribution in [0.25, 0.3) is 0 Å². The lowest BCUT2D eigenvalue weighted by atomic mass is 9.98. The highest BCUT2D eigenvalue weighted by Crippen LogP contribution is 2.16. The van der Waals surface area contributed by atoms with Crippen molar-refractivity contribution in [1.82, 2.24) is 4.90 Å². The zero-order valence-electron chi connectivity index (χ0n) is 10.5. The Morgan fingerprint density at radius 2 is 1.89 bits per heavy atom. The molecule has 94 valence electrons. The van der Waals surface area contributed by atoms with Crippen LogP contribution in [-0.2, 0) is 11.2 Å². The molecule has 0 aliphatic carbocycles. The van der Waals surface area contributed by atoms with Gasteiger partial charge in [0.15, 0.2) is 0 Å². The number of benzene rings is 1. The monoisotopic (exact) mass is 243 g/mol. The molecular weight excluding hydrogens is 226 g/mol. The molecule has 1 aliphatic rings. The minimum absolute atomic E-state index is 0.330. The van der Waals surface area contributed by atoms with Crippen molar-refractivity contribution in [3.63, 3.8) is 0 Å². The van der Waals surface area contributed by atoms with Gasteiger partial charge < -0.3 is 4.74 Å². The van der Waals surface area contributed by atoms with Crippen molar-refractivity contribution in [3.8, 4) is 0 Å². The van der Waals surface area contributed by atoms with E-state index in [9.17, 15) is 4.79 Å². The van der Waals surface area contributed by atoms with E-state index < -0.39 is 0 Å². The Morgan fingerprint density at radius 1 is 1.22 bits per heavy atom. The average molecular weight is 243 g/mol. The zero-order chi connectivity index (χ0) is 12.8. The molecular formula is C15H17NO2. The fourth-order valence-corrected chi connectivity index (χ4v) is 1.86. The molecule has 0 aromatic heterocycles. The number of allylic oxidation sites excluding steroid dienone is 2. The van der Waals surface area contributed by atoms with Crippen LogP contribution in [-0.4, -0.2) is 17.6 Å². The SMILES string of the molecule is CCOC(=O)N1C=CC(Cc2ccccc2)C=C1. The topological polar surface area (TPSA) is 29.5 Å². The van der Waals surface area contributed by atoms with Gasteiger partial charge in [0.2, 0.25) is 0 Å². The van der Waals surface area contributed by atoms with E-state index in [4.69, 9.17) is 4.74 Å². The molecule has 0 spiro atoms. The highest BCUT2D eigenvalue weighted by Gasteiger charge is 2.13. The van der Waals surface area contributed by atoms with Gasteiger partial charge in [-0.25, -0.2) is 4.79 Å². The highest BCUT2D eigenvalue weighted by molar-refractivity contribution is 5.70. The number of hydrogen-bond donors (Lipinski definition) is 0. The first-order valence-corrected chi connectivity index (χ1v) is 6.15. The first kappa shape index (κ1) is 12.4. The van der Waals surface area contributed by atoms with Crippen LogP contribution in [0.4, 0.5) is 4.79 Å². The fraction of sp³-hybridized carbons (Fsp3) is 0.267. The third-order valence-corrected chi connectivity index (χ3v) is 2.78. The van der Waals surface area contributed by atoms with Gasteiger partial charge in [-0.2, -0.15) is 0 Å². The molecule has 0 atom stereocenters. The van der Waals surface area contributed by atoms with Gasteiger partial charge in [0.1, 0.15) is 0 Å². The normalized spacial score (nSPS) is 14.8. The standard InChI is InChI=1S/C15H17NO2/c1-2-18-15(17)16-10-8-14(9-11-16)12-13-6-4-3-5-7-13/h3-11,14H,2,12H2,1H3. The molecule has 18 heavy (non-hydrogen) atoms. The van der Waals surface area contributed by atoms with Crippen LogP contribution in [0.2, 0.25) is 0 Å². The summed E-state index contributed by atoms with van der Waals surface area (Å²) < 4.78 is 4.92. The summed E-state index contributed by atoms with van der Waals surface area (Å²) in [6.07, 6.45) is 8.19. The van der Waals surface area contributed by atoms with Crippen molar-refractivity contribution in [2.75, 3.05) is 6.61 Å². The van der Waals surface area contributed by atoms with Crippen LogP contribution in [0.1, 0.15) is 12.5 Å². The summed E-state index contributed by atoms with van der Waals surface area (Å²) in [5.41, 5.74) is 1.29. The van der Waals surface area contributed by atoms with E-state index in [-0.39, 0.29) is 6.09 Å². The molecule has 1 aromatic rings. The van der Waals surface area contributed by atoms with Crippen LogP contribution in [0, 0.1) is 5.92 Å². The van der Waals surface area contributed by atoms with Gasteiger partial charge in [-0.1, -0.05) is 42.5 Å². The smallest absolute Gasteiger partial charge is 0.417 e. The second-order valence-corrected chi connectivity index (χ2v) is 4.14. The van der Waals surface area contributed by atoms with E-state index in [1.165, 1.54) is 10.5 Å². The van der Waals surface area contributed by atoms with Crippen LogP contribution in [0.5, 0.6) is 0 Å². The maximum absolute atomic E-state index is 11.5. The molecule has 3 heteroatoms. The molecule has 1 aliphatic heterocycles. The molecule has 1 amide bonds. The van der Waals surface area contributed by atoms with Gasteiger partial charge in [0, 0.05) is 18.3 Å². The van der Waals surface area contributed by atoms with E-state index in [0.29, 0.717) is 12.5 Å². The third-order valence-electron chi connectivity index (χ3n) is 2.78. The van der Waals surface area contributed by atoms with Crippen molar-refractivity contribution < 1.29 is 9.53 Å². The minimum atomic E-state index is -0.330. The molecule has 0 N–H and O–H groups in total. The number of carbonyl (C=O) groups is 1. The minimum Gasteiger partial charge on any atom is -0.449 e. The summed E-state index contributed by atoms with van der Waals surface area (Å²) in [5.74, 6) is 0.332. The maximum atomic E-state index is 11.5. The van der Waals surface area contributed by atoms with Crippen LogP contribution < -0.4 is 0 Å². The molecule has 3 nitrogen and oxygen atoms in total. The van der Waals surface area contributed by atoms with E-state index in [0.717, 1.165) is 6.42 Å². The molecule has 1 heterocycles. The van der Waals surface area contributed by atoms with E-state index in [1.807, 2.05) is 30.4 Å². The second kappa shape index (κ2) is 6.05. The molecule has 2 rings (SSSR count). The lowest BCUT2D eigenvalue weighted by Gasteiger charge is -2.19. The number of hydrogen-bond acceptors (Lipinski definition) is 2. The average Bonchev–Trinajstić information content (AvgIpc) is 2.41. The number of rotatable bonds is 3. The molecule has 0 saturated carbocycles. The van der Waals surface area contributed by atoms with Gasteiger partial charge in [0.05, 0.1) is 6.61 Å². The van der Waals surface area contributed by atoms with Crippen LogP contribution in [0.3, 0.4) is 0 Å². The summed E-state index contributed by atoms with van der Waals surface area (Å²) in [6.45, 7) is 2.19. The Kier molecular flexibility index (Phi) is 4.18. The lowest BCUT2D eigenvalue weighted by molar-refractivity contribution is 0.133. The number of amides is 1. The molecule has 0 unspecified atom stereocenters. The Bertz CT molecular complexity index is 437. The Hall–Kier alpha value is -2.03.